The van der Waals surface area contributed by atoms with Gasteiger partial charge >= 0.3 is 0 Å². The van der Waals surface area contributed by atoms with Gasteiger partial charge in [-0.1, -0.05) is 0 Å². The summed E-state index contributed by atoms with van der Waals surface area (Å²) in [7, 11) is 1.89. The van der Waals surface area contributed by atoms with E-state index in [9.17, 15) is 8.78 Å². The minimum Gasteiger partial charge on any atom is -0.381 e. The van der Waals surface area contributed by atoms with E-state index in [-0.39, 0.29) is 11.5 Å². The average Bonchev–Trinajstić information content (AvgIpc) is 3.26. The minimum atomic E-state index is -0.678. The molecule has 1 aliphatic heterocycles. The second-order valence-corrected chi connectivity index (χ2v) is 7.69. The number of benzene rings is 1. The summed E-state index contributed by atoms with van der Waals surface area (Å²) in [6.45, 7) is 4.98. The second kappa shape index (κ2) is 9.44. The molecule has 5 rings (SSSR count). The van der Waals surface area contributed by atoms with Gasteiger partial charge in [-0.2, -0.15) is 5.10 Å². The fraction of sp³-hybridized carbons (Fsp3) is 0.348. The molecule has 0 aliphatic carbocycles. The van der Waals surface area contributed by atoms with Crippen LogP contribution in [0.3, 0.4) is 0 Å². The van der Waals surface area contributed by atoms with Gasteiger partial charge in [-0.25, -0.2) is 28.7 Å². The van der Waals surface area contributed by atoms with Crippen molar-refractivity contribution in [1.29, 1.82) is 0 Å². The van der Waals surface area contributed by atoms with Crippen LogP contribution in [-0.2, 0) is 11.8 Å². The zero-order valence-electron chi connectivity index (χ0n) is 18.2. The third-order valence-electron chi connectivity index (χ3n) is 5.37. The Morgan fingerprint density at radius 1 is 1.00 bits per heavy atom. The molecular formula is C23H24F2N6O. The number of hydrogen-bond donors (Lipinski definition) is 0. The van der Waals surface area contributed by atoms with E-state index < -0.39 is 11.6 Å². The summed E-state index contributed by atoms with van der Waals surface area (Å²) in [6, 6.07) is 5.35. The highest BCUT2D eigenvalue weighted by atomic mass is 19.1. The quantitative estimate of drug-likeness (QED) is 0.464. The van der Waals surface area contributed by atoms with Crippen LogP contribution in [0, 0.1) is 25.5 Å². The number of aryl methyl sites for hydroxylation is 3. The molecule has 166 valence electrons. The Balaban J connectivity index is 0.000000354. The first-order valence-corrected chi connectivity index (χ1v) is 10.4. The summed E-state index contributed by atoms with van der Waals surface area (Å²) in [5.41, 5.74) is 2.90. The van der Waals surface area contributed by atoms with Gasteiger partial charge in [0.05, 0.1) is 11.4 Å². The first kappa shape index (κ1) is 21.9. The molecule has 1 fully saturated rings. The highest BCUT2D eigenvalue weighted by molar-refractivity contribution is 5.87. The van der Waals surface area contributed by atoms with Crippen molar-refractivity contribution < 1.29 is 13.5 Å². The smallest absolute Gasteiger partial charge is 0.182 e. The van der Waals surface area contributed by atoms with E-state index in [1.807, 2.05) is 33.2 Å². The van der Waals surface area contributed by atoms with E-state index in [4.69, 9.17) is 4.74 Å². The van der Waals surface area contributed by atoms with Gasteiger partial charge in [0, 0.05) is 50.2 Å². The number of fused-ring (bicyclic) bond motifs is 1. The lowest BCUT2D eigenvalue weighted by Crippen LogP contribution is -2.17. The zero-order chi connectivity index (χ0) is 22.7. The highest BCUT2D eigenvalue weighted by Gasteiger charge is 2.23. The van der Waals surface area contributed by atoms with Crippen LogP contribution >= 0.6 is 0 Å². The Morgan fingerprint density at radius 3 is 2.38 bits per heavy atom. The molecule has 0 unspecified atom stereocenters. The van der Waals surface area contributed by atoms with E-state index in [0.717, 1.165) is 30.3 Å². The number of aromatic nitrogens is 6. The zero-order valence-corrected chi connectivity index (χ0v) is 18.2. The molecule has 0 N–H and O–H groups in total. The highest BCUT2D eigenvalue weighted by Crippen LogP contribution is 2.31. The minimum absolute atomic E-state index is 0.124. The van der Waals surface area contributed by atoms with Crippen LogP contribution in [0.1, 0.15) is 36.0 Å². The Kier molecular flexibility index (Phi) is 6.45. The summed E-state index contributed by atoms with van der Waals surface area (Å²) >= 11 is 0. The lowest BCUT2D eigenvalue weighted by atomic mass is 9.99. The molecule has 0 saturated carbocycles. The van der Waals surface area contributed by atoms with Gasteiger partial charge in [0.25, 0.3) is 0 Å². The molecule has 1 aromatic carbocycles. The molecule has 0 atom stereocenters. The Morgan fingerprint density at radius 2 is 1.75 bits per heavy atom. The standard InChI is InChI=1S/C19H18F2N4O.C4H6N2/c1-10-11(2)23-19-17(22-10)16(14-4-3-13(20)9-15(14)21)24-18(25-19)12-5-7-26-8-6-12;1-6-4-2-3-5-6/h3-4,9,12H,5-8H2,1-2H3;2-4H,1H3. The van der Waals surface area contributed by atoms with Crippen molar-refractivity contribution >= 4 is 11.2 Å². The first-order valence-electron chi connectivity index (χ1n) is 10.4. The molecule has 7 nitrogen and oxygen atoms in total. The number of ether oxygens (including phenoxy) is 1. The van der Waals surface area contributed by atoms with Gasteiger partial charge < -0.3 is 4.74 Å². The van der Waals surface area contributed by atoms with Crippen molar-refractivity contribution in [3.8, 4) is 11.3 Å². The normalized spacial score (nSPS) is 14.3. The van der Waals surface area contributed by atoms with E-state index in [1.165, 1.54) is 12.1 Å². The molecule has 32 heavy (non-hydrogen) atoms. The van der Waals surface area contributed by atoms with Gasteiger partial charge in [0.2, 0.25) is 0 Å². The monoisotopic (exact) mass is 438 g/mol. The second-order valence-electron chi connectivity index (χ2n) is 7.69. The lowest BCUT2D eigenvalue weighted by Gasteiger charge is -2.21. The largest absolute Gasteiger partial charge is 0.381 e. The maximum absolute atomic E-state index is 14.4. The summed E-state index contributed by atoms with van der Waals surface area (Å²) in [6.07, 6.45) is 5.24. The van der Waals surface area contributed by atoms with Crippen LogP contribution < -0.4 is 0 Å². The predicted octanol–water partition coefficient (Wildman–Crippen LogP) is 4.30. The van der Waals surface area contributed by atoms with Crippen LogP contribution in [0.15, 0.2) is 36.7 Å². The maximum atomic E-state index is 14.4. The average molecular weight is 438 g/mol. The molecule has 3 aromatic heterocycles. The van der Waals surface area contributed by atoms with Gasteiger partial charge in [0.15, 0.2) is 5.65 Å². The van der Waals surface area contributed by atoms with Crippen molar-refractivity contribution in [3.05, 3.63) is 65.5 Å². The van der Waals surface area contributed by atoms with Gasteiger partial charge in [-0.05, 0) is 44.9 Å². The Labute approximate surface area is 184 Å². The number of hydrogen-bond acceptors (Lipinski definition) is 6. The molecule has 1 aliphatic rings. The number of halogens is 2. The molecule has 4 heterocycles. The molecule has 0 spiro atoms. The Bertz CT molecular complexity index is 1220. The van der Waals surface area contributed by atoms with Crippen LogP contribution in [-0.4, -0.2) is 42.9 Å². The van der Waals surface area contributed by atoms with Gasteiger partial charge in [-0.15, -0.1) is 0 Å². The molecule has 4 aromatic rings. The van der Waals surface area contributed by atoms with Crippen LogP contribution in [0.2, 0.25) is 0 Å². The molecule has 1 saturated heterocycles. The molecule has 0 radical (unpaired) electrons. The summed E-state index contributed by atoms with van der Waals surface area (Å²) in [5.74, 6) is -0.578. The summed E-state index contributed by atoms with van der Waals surface area (Å²) in [5, 5.41) is 3.83. The van der Waals surface area contributed by atoms with E-state index in [1.54, 1.807) is 10.9 Å². The first-order chi connectivity index (χ1) is 15.4. The predicted molar refractivity (Wildman–Crippen MR) is 116 cm³/mol. The van der Waals surface area contributed by atoms with Crippen molar-refractivity contribution in [2.24, 2.45) is 7.05 Å². The summed E-state index contributed by atoms with van der Waals surface area (Å²) < 4.78 is 35.0. The number of nitrogens with zero attached hydrogens (tertiary/aromatic N) is 6. The summed E-state index contributed by atoms with van der Waals surface area (Å²) in [4.78, 5) is 18.3. The van der Waals surface area contributed by atoms with E-state index in [2.05, 4.69) is 25.0 Å². The molecule has 9 heteroatoms. The Hall–Kier alpha value is -3.33. The molecule has 0 amide bonds. The van der Waals surface area contributed by atoms with Crippen molar-refractivity contribution in [3.63, 3.8) is 0 Å². The van der Waals surface area contributed by atoms with Crippen molar-refractivity contribution in [2.45, 2.75) is 32.6 Å². The maximum Gasteiger partial charge on any atom is 0.182 e. The third kappa shape index (κ3) is 4.77. The van der Waals surface area contributed by atoms with E-state index in [0.29, 0.717) is 35.9 Å². The van der Waals surface area contributed by atoms with Crippen molar-refractivity contribution in [1.82, 2.24) is 29.7 Å². The SMILES string of the molecule is Cc1nc2nc(C3CCOCC3)nc(-c3ccc(F)cc3F)c2nc1C.Cn1cccn1. The van der Waals surface area contributed by atoms with Crippen molar-refractivity contribution in [2.75, 3.05) is 13.2 Å². The molecule has 0 bridgehead atoms. The van der Waals surface area contributed by atoms with Crippen LogP contribution in [0.25, 0.3) is 22.4 Å². The van der Waals surface area contributed by atoms with Crippen LogP contribution in [0.4, 0.5) is 8.78 Å². The fourth-order valence-electron chi connectivity index (χ4n) is 3.48. The van der Waals surface area contributed by atoms with Gasteiger partial charge in [0.1, 0.15) is 28.7 Å². The van der Waals surface area contributed by atoms with E-state index >= 15 is 0 Å². The van der Waals surface area contributed by atoms with Crippen LogP contribution in [0.5, 0.6) is 0 Å². The fourth-order valence-corrected chi connectivity index (χ4v) is 3.48. The number of rotatable bonds is 2. The topological polar surface area (TPSA) is 78.6 Å². The third-order valence-corrected chi connectivity index (χ3v) is 5.37. The lowest BCUT2D eigenvalue weighted by molar-refractivity contribution is 0.0836. The molecular weight excluding hydrogens is 414 g/mol. The van der Waals surface area contributed by atoms with Gasteiger partial charge in [-0.3, -0.25) is 4.68 Å².